The van der Waals surface area contributed by atoms with Crippen molar-refractivity contribution in [3.05, 3.63) is 52.5 Å². The van der Waals surface area contributed by atoms with E-state index in [1.807, 2.05) is 6.07 Å². The third-order valence-electron chi connectivity index (χ3n) is 1.99. The molecule has 0 aliphatic carbocycles. The largest absolute Gasteiger partial charge is 0.330 e. The van der Waals surface area contributed by atoms with Crippen molar-refractivity contribution >= 4 is 0 Å². The smallest absolute Gasteiger partial charge is 0.312 e. The number of nitriles is 1. The summed E-state index contributed by atoms with van der Waals surface area (Å²) in [7, 11) is 0. The minimum absolute atomic E-state index is 0.122. The van der Waals surface area contributed by atoms with Crippen LogP contribution in [-0.4, -0.2) is 9.55 Å². The first kappa shape index (κ1) is 9.21. The van der Waals surface area contributed by atoms with E-state index in [1.165, 1.54) is 29.1 Å². The van der Waals surface area contributed by atoms with Crippen LogP contribution in [0.1, 0.15) is 5.56 Å². The molecule has 0 saturated carbocycles. The van der Waals surface area contributed by atoms with E-state index in [0.29, 0.717) is 5.69 Å². The van der Waals surface area contributed by atoms with Crippen molar-refractivity contribution in [3.8, 4) is 11.8 Å². The topological polar surface area (TPSA) is 61.6 Å². The molecule has 15 heavy (non-hydrogen) atoms. The maximum absolute atomic E-state index is 12.8. The number of hydrogen-bond acceptors (Lipinski definition) is 2. The van der Waals surface area contributed by atoms with E-state index >= 15 is 0 Å². The Kier molecular flexibility index (Phi) is 2.10. The van der Waals surface area contributed by atoms with Gasteiger partial charge in [-0.3, -0.25) is 4.57 Å². The van der Waals surface area contributed by atoms with Crippen LogP contribution in [0.5, 0.6) is 0 Å². The molecule has 2 aromatic rings. The predicted octanol–water partition coefficient (Wildman–Crippen LogP) is 1.18. The van der Waals surface area contributed by atoms with Gasteiger partial charge in [0.05, 0.1) is 11.3 Å². The molecule has 4 nitrogen and oxygen atoms in total. The first-order valence-electron chi connectivity index (χ1n) is 4.18. The summed E-state index contributed by atoms with van der Waals surface area (Å²) in [5, 5.41) is 8.79. The van der Waals surface area contributed by atoms with Gasteiger partial charge in [0.15, 0.2) is 0 Å². The molecule has 0 aliphatic rings. The standard InChI is InChI=1S/C10H6FN3O/c11-8-1-2-9(7(5-8)6-12)14-4-3-13-10(14)15/h1-5H,(H,13,15). The lowest BCUT2D eigenvalue weighted by atomic mass is 10.2. The second-order valence-corrected chi connectivity index (χ2v) is 2.91. The molecule has 2 rings (SSSR count). The summed E-state index contributed by atoms with van der Waals surface area (Å²) in [5.74, 6) is -0.501. The Morgan fingerprint density at radius 3 is 2.87 bits per heavy atom. The van der Waals surface area contributed by atoms with E-state index < -0.39 is 5.82 Å². The van der Waals surface area contributed by atoms with Crippen LogP contribution in [-0.2, 0) is 0 Å². The predicted molar refractivity (Wildman–Crippen MR) is 51.1 cm³/mol. The normalized spacial score (nSPS) is 9.87. The molecule has 0 radical (unpaired) electrons. The van der Waals surface area contributed by atoms with Crippen LogP contribution < -0.4 is 5.69 Å². The number of nitrogens with zero attached hydrogens (tertiary/aromatic N) is 2. The van der Waals surface area contributed by atoms with Crippen molar-refractivity contribution < 1.29 is 4.39 Å². The molecule has 1 aromatic carbocycles. The SMILES string of the molecule is N#Cc1cc(F)ccc1-n1cc[nH]c1=O. The van der Waals surface area contributed by atoms with E-state index in [4.69, 9.17) is 5.26 Å². The highest BCUT2D eigenvalue weighted by Crippen LogP contribution is 2.13. The molecule has 0 amide bonds. The molecule has 74 valence electrons. The Morgan fingerprint density at radius 2 is 2.27 bits per heavy atom. The van der Waals surface area contributed by atoms with Gasteiger partial charge in [-0.2, -0.15) is 5.26 Å². The molecule has 1 heterocycles. The Bertz CT molecular complexity index is 591. The molecule has 1 aromatic heterocycles. The number of halogens is 1. The van der Waals surface area contributed by atoms with Gasteiger partial charge in [-0.15, -0.1) is 0 Å². The summed E-state index contributed by atoms with van der Waals surface area (Å²) in [4.78, 5) is 13.7. The van der Waals surface area contributed by atoms with Crippen molar-refractivity contribution in [3.63, 3.8) is 0 Å². The van der Waals surface area contributed by atoms with E-state index in [-0.39, 0.29) is 11.3 Å². The highest BCUT2D eigenvalue weighted by Gasteiger charge is 2.07. The van der Waals surface area contributed by atoms with Crippen LogP contribution in [0.3, 0.4) is 0 Å². The van der Waals surface area contributed by atoms with Gasteiger partial charge >= 0.3 is 5.69 Å². The van der Waals surface area contributed by atoms with Crippen molar-refractivity contribution in [2.75, 3.05) is 0 Å². The molecule has 1 N–H and O–H groups in total. The first-order chi connectivity index (χ1) is 7.22. The van der Waals surface area contributed by atoms with Crippen LogP contribution in [0.4, 0.5) is 4.39 Å². The van der Waals surface area contributed by atoms with Crippen LogP contribution in [0.15, 0.2) is 35.4 Å². The second kappa shape index (κ2) is 3.42. The number of hydrogen-bond donors (Lipinski definition) is 1. The van der Waals surface area contributed by atoms with Crippen LogP contribution in [0.25, 0.3) is 5.69 Å². The van der Waals surface area contributed by atoms with Crippen LogP contribution in [0.2, 0.25) is 0 Å². The maximum atomic E-state index is 12.8. The Morgan fingerprint density at radius 1 is 1.47 bits per heavy atom. The van der Waals surface area contributed by atoms with E-state index in [2.05, 4.69) is 4.98 Å². The van der Waals surface area contributed by atoms with E-state index in [9.17, 15) is 9.18 Å². The molecular formula is C10H6FN3O. The Labute approximate surface area is 84.2 Å². The van der Waals surface area contributed by atoms with Gasteiger partial charge in [-0.1, -0.05) is 0 Å². The zero-order chi connectivity index (χ0) is 10.8. The molecule has 0 saturated heterocycles. The molecule has 0 fully saturated rings. The summed E-state index contributed by atoms with van der Waals surface area (Å²) in [6.07, 6.45) is 2.93. The fourth-order valence-electron chi connectivity index (χ4n) is 1.32. The van der Waals surface area contributed by atoms with Gasteiger partial charge in [0, 0.05) is 12.4 Å². The molecular weight excluding hydrogens is 197 g/mol. The van der Waals surface area contributed by atoms with Gasteiger partial charge < -0.3 is 4.98 Å². The highest BCUT2D eigenvalue weighted by atomic mass is 19.1. The molecule has 0 spiro atoms. The quantitative estimate of drug-likeness (QED) is 0.756. The molecule has 0 bridgehead atoms. The fraction of sp³-hybridized carbons (Fsp3) is 0. The zero-order valence-corrected chi connectivity index (χ0v) is 7.57. The fourth-order valence-corrected chi connectivity index (χ4v) is 1.32. The highest BCUT2D eigenvalue weighted by molar-refractivity contribution is 5.48. The monoisotopic (exact) mass is 203 g/mol. The van der Waals surface area contributed by atoms with Crippen LogP contribution >= 0.6 is 0 Å². The van der Waals surface area contributed by atoms with E-state index in [1.54, 1.807) is 0 Å². The van der Waals surface area contributed by atoms with Crippen molar-refractivity contribution in [2.24, 2.45) is 0 Å². The van der Waals surface area contributed by atoms with Gasteiger partial charge in [0.25, 0.3) is 0 Å². The zero-order valence-electron chi connectivity index (χ0n) is 7.57. The van der Waals surface area contributed by atoms with Crippen molar-refractivity contribution in [1.29, 1.82) is 5.26 Å². The van der Waals surface area contributed by atoms with Gasteiger partial charge in [0.1, 0.15) is 11.9 Å². The van der Waals surface area contributed by atoms with Crippen molar-refractivity contribution in [1.82, 2.24) is 9.55 Å². The Balaban J connectivity index is 2.70. The third kappa shape index (κ3) is 1.53. The number of rotatable bonds is 1. The number of imidazole rings is 1. The summed E-state index contributed by atoms with van der Waals surface area (Å²) < 4.78 is 14.1. The number of nitrogens with one attached hydrogen (secondary N) is 1. The third-order valence-corrected chi connectivity index (χ3v) is 1.99. The lowest BCUT2D eigenvalue weighted by Crippen LogP contribution is -2.15. The summed E-state index contributed by atoms with van der Waals surface area (Å²) >= 11 is 0. The van der Waals surface area contributed by atoms with Gasteiger partial charge in [0.2, 0.25) is 0 Å². The first-order valence-corrected chi connectivity index (χ1v) is 4.18. The molecule has 0 unspecified atom stereocenters. The minimum atomic E-state index is -0.501. The van der Waals surface area contributed by atoms with Gasteiger partial charge in [-0.05, 0) is 18.2 Å². The maximum Gasteiger partial charge on any atom is 0.330 e. The van der Waals surface area contributed by atoms with Crippen LogP contribution in [0, 0.1) is 17.1 Å². The number of aromatic nitrogens is 2. The number of aromatic amines is 1. The molecule has 0 aliphatic heterocycles. The van der Waals surface area contributed by atoms with Gasteiger partial charge in [-0.25, -0.2) is 9.18 Å². The lowest BCUT2D eigenvalue weighted by Gasteiger charge is -2.02. The summed E-state index contributed by atoms with van der Waals surface area (Å²) in [5.41, 5.74) is 0.125. The molecule has 0 atom stereocenters. The summed E-state index contributed by atoms with van der Waals surface area (Å²) in [6, 6.07) is 5.53. The van der Waals surface area contributed by atoms with E-state index in [0.717, 1.165) is 6.07 Å². The number of benzene rings is 1. The second-order valence-electron chi connectivity index (χ2n) is 2.91. The minimum Gasteiger partial charge on any atom is -0.312 e. The average Bonchev–Trinajstić information content (AvgIpc) is 2.64. The average molecular weight is 203 g/mol. The lowest BCUT2D eigenvalue weighted by molar-refractivity contribution is 0.626. The van der Waals surface area contributed by atoms with Crippen molar-refractivity contribution in [2.45, 2.75) is 0 Å². The Hall–Kier alpha value is -2.35. The summed E-state index contributed by atoms with van der Waals surface area (Å²) in [6.45, 7) is 0. The number of H-pyrrole nitrogens is 1. The molecule has 5 heteroatoms.